The number of rotatable bonds is 2. The Balaban J connectivity index is 3.25. The molecule has 12 heavy (non-hydrogen) atoms. The van der Waals surface area contributed by atoms with E-state index in [9.17, 15) is 5.11 Å². The summed E-state index contributed by atoms with van der Waals surface area (Å²) in [6, 6.07) is 3.04. The van der Waals surface area contributed by atoms with E-state index >= 15 is 0 Å². The van der Waals surface area contributed by atoms with E-state index in [1.165, 1.54) is 13.2 Å². The van der Waals surface area contributed by atoms with E-state index in [0.29, 0.717) is 17.7 Å². The van der Waals surface area contributed by atoms with Crippen LogP contribution < -0.4 is 4.74 Å². The Morgan fingerprint density at radius 1 is 1.33 bits per heavy atom. The van der Waals surface area contributed by atoms with E-state index in [1.807, 2.05) is 6.92 Å². The quantitative estimate of drug-likeness (QED) is 0.660. The third-order valence-corrected chi connectivity index (χ3v) is 1.79. The van der Waals surface area contributed by atoms with E-state index in [-0.39, 0.29) is 11.5 Å². The molecule has 0 radical (unpaired) electrons. The summed E-state index contributed by atoms with van der Waals surface area (Å²) in [7, 11) is 1.53. The summed E-state index contributed by atoms with van der Waals surface area (Å²) in [6.07, 6.45) is 0.628. The molecule has 0 heterocycles. The van der Waals surface area contributed by atoms with Crippen LogP contribution in [0.25, 0.3) is 0 Å². The van der Waals surface area contributed by atoms with Gasteiger partial charge in [0.15, 0.2) is 11.5 Å². The van der Waals surface area contributed by atoms with Gasteiger partial charge in [0.2, 0.25) is 0 Å². The zero-order chi connectivity index (χ0) is 9.14. The summed E-state index contributed by atoms with van der Waals surface area (Å²) in [5.41, 5.74) is 0.637. The number of methoxy groups -OCH3 is 1. The van der Waals surface area contributed by atoms with Gasteiger partial charge >= 0.3 is 0 Å². The van der Waals surface area contributed by atoms with Gasteiger partial charge in [-0.15, -0.1) is 0 Å². The van der Waals surface area contributed by atoms with Gasteiger partial charge in [-0.2, -0.15) is 0 Å². The molecule has 3 nitrogen and oxygen atoms in total. The summed E-state index contributed by atoms with van der Waals surface area (Å²) >= 11 is 0. The Kier molecular flexibility index (Phi) is 2.43. The van der Waals surface area contributed by atoms with Crippen LogP contribution in [0.5, 0.6) is 17.2 Å². The fourth-order valence-electron chi connectivity index (χ4n) is 1.14. The number of hydrogen-bond donors (Lipinski definition) is 2. The lowest BCUT2D eigenvalue weighted by atomic mass is 10.1. The minimum Gasteiger partial charge on any atom is -0.504 e. The maximum absolute atomic E-state index is 9.38. The molecule has 0 spiro atoms. The van der Waals surface area contributed by atoms with Crippen LogP contribution in [0.4, 0.5) is 0 Å². The van der Waals surface area contributed by atoms with Crippen molar-refractivity contribution in [1.29, 1.82) is 0 Å². The van der Waals surface area contributed by atoms with Gasteiger partial charge in [0, 0.05) is 5.56 Å². The van der Waals surface area contributed by atoms with Crippen molar-refractivity contribution in [2.45, 2.75) is 13.3 Å². The Bertz CT molecular complexity index is 281. The number of phenols is 2. The summed E-state index contributed by atoms with van der Waals surface area (Å²) in [5, 5.41) is 18.5. The number of aromatic hydroxyl groups is 2. The average molecular weight is 168 g/mol. The van der Waals surface area contributed by atoms with Crippen LogP contribution in [0.15, 0.2) is 12.1 Å². The average Bonchev–Trinajstić information content (AvgIpc) is 2.09. The second kappa shape index (κ2) is 3.34. The van der Waals surface area contributed by atoms with Crippen LogP contribution in [0.3, 0.4) is 0 Å². The van der Waals surface area contributed by atoms with Crippen molar-refractivity contribution in [1.82, 2.24) is 0 Å². The topological polar surface area (TPSA) is 49.7 Å². The first kappa shape index (κ1) is 8.71. The van der Waals surface area contributed by atoms with Crippen molar-refractivity contribution in [3.63, 3.8) is 0 Å². The molecule has 66 valence electrons. The highest BCUT2D eigenvalue weighted by atomic mass is 16.5. The second-order valence-electron chi connectivity index (χ2n) is 2.47. The Labute approximate surface area is 71.2 Å². The largest absolute Gasteiger partial charge is 0.504 e. The molecule has 0 saturated heterocycles. The first-order valence-corrected chi connectivity index (χ1v) is 3.78. The van der Waals surface area contributed by atoms with Crippen LogP contribution in [-0.4, -0.2) is 17.3 Å². The number of hydrogen-bond acceptors (Lipinski definition) is 3. The van der Waals surface area contributed by atoms with E-state index in [2.05, 4.69) is 0 Å². The third-order valence-electron chi connectivity index (χ3n) is 1.79. The molecular weight excluding hydrogens is 156 g/mol. The van der Waals surface area contributed by atoms with Crippen molar-refractivity contribution >= 4 is 0 Å². The molecule has 1 aromatic rings. The van der Waals surface area contributed by atoms with Gasteiger partial charge in [0.05, 0.1) is 7.11 Å². The molecular formula is C9H12O3. The number of phenolic OH excluding ortho intramolecular Hbond substituents is 2. The molecule has 0 aromatic heterocycles. The van der Waals surface area contributed by atoms with Crippen molar-refractivity contribution in [2.24, 2.45) is 0 Å². The fraction of sp³-hybridized carbons (Fsp3) is 0.333. The van der Waals surface area contributed by atoms with E-state index < -0.39 is 0 Å². The van der Waals surface area contributed by atoms with Gasteiger partial charge in [-0.3, -0.25) is 0 Å². The lowest BCUT2D eigenvalue weighted by molar-refractivity contribution is 0.378. The molecule has 1 rings (SSSR count). The normalized spacial score (nSPS) is 9.83. The summed E-state index contributed by atoms with van der Waals surface area (Å²) in [6.45, 7) is 1.89. The van der Waals surface area contributed by atoms with Crippen LogP contribution in [-0.2, 0) is 6.42 Å². The molecule has 0 unspecified atom stereocenters. The summed E-state index contributed by atoms with van der Waals surface area (Å²) < 4.78 is 5.00. The van der Waals surface area contributed by atoms with E-state index in [1.54, 1.807) is 6.07 Å². The highest BCUT2D eigenvalue weighted by molar-refractivity contribution is 5.52. The lowest BCUT2D eigenvalue weighted by Gasteiger charge is -2.08. The van der Waals surface area contributed by atoms with Gasteiger partial charge in [0.1, 0.15) is 5.75 Å². The van der Waals surface area contributed by atoms with Crippen molar-refractivity contribution in [3.05, 3.63) is 17.7 Å². The van der Waals surface area contributed by atoms with Crippen molar-refractivity contribution < 1.29 is 14.9 Å². The van der Waals surface area contributed by atoms with Gasteiger partial charge in [0.25, 0.3) is 0 Å². The van der Waals surface area contributed by atoms with E-state index in [4.69, 9.17) is 9.84 Å². The summed E-state index contributed by atoms with van der Waals surface area (Å²) in [5.74, 6) is 0.414. The molecule has 0 saturated carbocycles. The summed E-state index contributed by atoms with van der Waals surface area (Å²) in [4.78, 5) is 0. The minimum absolute atomic E-state index is 0.0862. The minimum atomic E-state index is -0.104. The first-order valence-electron chi connectivity index (χ1n) is 3.78. The highest BCUT2D eigenvalue weighted by Crippen LogP contribution is 2.35. The molecule has 0 fully saturated rings. The molecule has 0 amide bonds. The van der Waals surface area contributed by atoms with Crippen LogP contribution in [0.1, 0.15) is 12.5 Å². The molecule has 2 N–H and O–H groups in total. The second-order valence-corrected chi connectivity index (χ2v) is 2.47. The maximum Gasteiger partial charge on any atom is 0.164 e. The SMILES string of the molecule is CCc1c(OC)ccc(O)c1O. The zero-order valence-electron chi connectivity index (χ0n) is 7.16. The predicted molar refractivity (Wildman–Crippen MR) is 45.7 cm³/mol. The van der Waals surface area contributed by atoms with Crippen molar-refractivity contribution in [2.75, 3.05) is 7.11 Å². The van der Waals surface area contributed by atoms with E-state index in [0.717, 1.165) is 0 Å². The molecule has 3 heteroatoms. The number of benzene rings is 1. The fourth-order valence-corrected chi connectivity index (χ4v) is 1.14. The van der Waals surface area contributed by atoms with Gasteiger partial charge in [-0.05, 0) is 18.6 Å². The van der Waals surface area contributed by atoms with Crippen LogP contribution in [0.2, 0.25) is 0 Å². The smallest absolute Gasteiger partial charge is 0.164 e. The molecule has 0 atom stereocenters. The van der Waals surface area contributed by atoms with Crippen molar-refractivity contribution in [3.8, 4) is 17.2 Å². The Morgan fingerprint density at radius 2 is 2.00 bits per heavy atom. The highest BCUT2D eigenvalue weighted by Gasteiger charge is 2.09. The number of ether oxygens (including phenoxy) is 1. The predicted octanol–water partition coefficient (Wildman–Crippen LogP) is 1.67. The Hall–Kier alpha value is -1.38. The Morgan fingerprint density at radius 3 is 2.50 bits per heavy atom. The van der Waals surface area contributed by atoms with Gasteiger partial charge < -0.3 is 14.9 Å². The molecule has 0 aliphatic heterocycles. The zero-order valence-corrected chi connectivity index (χ0v) is 7.16. The molecule has 1 aromatic carbocycles. The van der Waals surface area contributed by atoms with Gasteiger partial charge in [-0.25, -0.2) is 0 Å². The first-order chi connectivity index (χ1) is 5.70. The third kappa shape index (κ3) is 1.30. The lowest BCUT2D eigenvalue weighted by Crippen LogP contribution is -1.90. The van der Waals surface area contributed by atoms with Crippen LogP contribution in [0, 0.1) is 0 Å². The molecule has 0 aliphatic rings. The molecule has 0 aliphatic carbocycles. The maximum atomic E-state index is 9.38. The monoisotopic (exact) mass is 168 g/mol. The molecule has 0 bridgehead atoms. The van der Waals surface area contributed by atoms with Gasteiger partial charge in [-0.1, -0.05) is 6.92 Å². The van der Waals surface area contributed by atoms with Crippen LogP contribution >= 0.6 is 0 Å². The standard InChI is InChI=1S/C9H12O3/c1-3-6-8(12-2)5-4-7(10)9(6)11/h4-5,10-11H,3H2,1-2H3.